The van der Waals surface area contributed by atoms with Crippen molar-refractivity contribution < 1.29 is 4.73 Å². The molecule has 1 heterocycles. The first-order valence-electron chi connectivity index (χ1n) is 5.92. The Labute approximate surface area is 110 Å². The van der Waals surface area contributed by atoms with E-state index in [0.29, 0.717) is 22.2 Å². The number of pyridine rings is 1. The molecule has 0 N–H and O–H groups in total. The Morgan fingerprint density at radius 3 is 2.37 bits per heavy atom. The van der Waals surface area contributed by atoms with Crippen molar-refractivity contribution in [3.8, 4) is 17.3 Å². The Kier molecular flexibility index (Phi) is 2.62. The van der Waals surface area contributed by atoms with Crippen LogP contribution in [0.3, 0.4) is 0 Å². The number of nitrogens with zero attached hydrogens (tertiary/aromatic N) is 2. The fourth-order valence-electron chi connectivity index (χ4n) is 2.18. The summed E-state index contributed by atoms with van der Waals surface area (Å²) in [7, 11) is 0. The van der Waals surface area contributed by atoms with Crippen LogP contribution in [0.15, 0.2) is 60.7 Å². The van der Waals surface area contributed by atoms with Gasteiger partial charge in [0.2, 0.25) is 11.2 Å². The zero-order chi connectivity index (χ0) is 13.2. The fourth-order valence-corrected chi connectivity index (χ4v) is 2.18. The predicted octanol–water partition coefficient (Wildman–Crippen LogP) is 3.01. The van der Waals surface area contributed by atoms with Crippen molar-refractivity contribution in [1.29, 1.82) is 5.26 Å². The lowest BCUT2D eigenvalue weighted by atomic mass is 10.0. The Hall–Kier alpha value is -2.86. The minimum absolute atomic E-state index is 0.496. The lowest BCUT2D eigenvalue weighted by Crippen LogP contribution is -2.30. The maximum atomic E-state index is 12.4. The van der Waals surface area contributed by atoms with Crippen molar-refractivity contribution >= 4 is 10.9 Å². The maximum Gasteiger partial charge on any atom is 0.225 e. The smallest absolute Gasteiger partial charge is 0.225 e. The third-order valence-corrected chi connectivity index (χ3v) is 3.10. The number of hydrogen-bond acceptors (Lipinski definition) is 2. The topological polar surface area (TPSA) is 50.7 Å². The molecule has 0 unspecified atom stereocenters. The summed E-state index contributed by atoms with van der Waals surface area (Å²) < 4.78 is 0.880. The van der Waals surface area contributed by atoms with Crippen LogP contribution in [0.1, 0.15) is 5.56 Å². The van der Waals surface area contributed by atoms with Gasteiger partial charge in [0, 0.05) is 17.7 Å². The zero-order valence-corrected chi connectivity index (χ0v) is 10.1. The molecule has 0 atom stereocenters. The highest BCUT2D eigenvalue weighted by Gasteiger charge is 2.16. The summed E-state index contributed by atoms with van der Waals surface area (Å²) in [6.07, 6.45) is 0. The van der Waals surface area contributed by atoms with E-state index in [1.165, 1.54) is 0 Å². The van der Waals surface area contributed by atoms with Crippen LogP contribution in [0, 0.1) is 16.5 Å². The largest absolute Gasteiger partial charge is 0.618 e. The Morgan fingerprint density at radius 2 is 1.63 bits per heavy atom. The summed E-state index contributed by atoms with van der Waals surface area (Å²) in [5.74, 6) is 0. The van der Waals surface area contributed by atoms with Gasteiger partial charge >= 0.3 is 0 Å². The molecule has 3 nitrogen and oxygen atoms in total. The summed E-state index contributed by atoms with van der Waals surface area (Å²) in [4.78, 5) is 0. The van der Waals surface area contributed by atoms with E-state index in [2.05, 4.69) is 6.07 Å². The molecular weight excluding hydrogens is 236 g/mol. The Balaban J connectivity index is 2.39. The molecule has 0 aliphatic rings. The van der Waals surface area contributed by atoms with Gasteiger partial charge in [-0.25, -0.2) is 0 Å². The summed E-state index contributed by atoms with van der Waals surface area (Å²) in [5, 5.41) is 22.3. The van der Waals surface area contributed by atoms with Gasteiger partial charge in [-0.1, -0.05) is 30.3 Å². The Morgan fingerprint density at radius 1 is 0.947 bits per heavy atom. The van der Waals surface area contributed by atoms with Gasteiger partial charge in [-0.3, -0.25) is 0 Å². The first-order valence-corrected chi connectivity index (χ1v) is 5.92. The number of aromatic nitrogens is 1. The molecule has 1 aromatic heterocycles. The molecule has 0 amide bonds. The highest BCUT2D eigenvalue weighted by Crippen LogP contribution is 2.22. The summed E-state index contributed by atoms with van der Waals surface area (Å²) in [5.41, 5.74) is 2.33. The number of rotatable bonds is 1. The highest BCUT2D eigenvalue weighted by atomic mass is 16.5. The monoisotopic (exact) mass is 246 g/mol. The number of hydrogen-bond donors (Lipinski definition) is 0. The Bertz CT molecular complexity index is 789. The van der Waals surface area contributed by atoms with E-state index >= 15 is 0 Å². The molecule has 0 saturated carbocycles. The molecule has 90 valence electrons. The summed E-state index contributed by atoms with van der Waals surface area (Å²) >= 11 is 0. The van der Waals surface area contributed by atoms with Crippen LogP contribution in [0.4, 0.5) is 0 Å². The van der Waals surface area contributed by atoms with E-state index in [4.69, 9.17) is 0 Å². The molecule has 19 heavy (non-hydrogen) atoms. The second-order valence-electron chi connectivity index (χ2n) is 4.23. The van der Waals surface area contributed by atoms with Crippen molar-refractivity contribution in [2.75, 3.05) is 0 Å². The average molecular weight is 246 g/mol. The number of fused-ring (bicyclic) bond motifs is 1. The van der Waals surface area contributed by atoms with E-state index in [1.807, 2.05) is 36.4 Å². The molecule has 0 aliphatic carbocycles. The zero-order valence-electron chi connectivity index (χ0n) is 10.1. The molecule has 3 heteroatoms. The highest BCUT2D eigenvalue weighted by molar-refractivity contribution is 5.84. The third-order valence-electron chi connectivity index (χ3n) is 3.10. The molecule has 2 aromatic carbocycles. The van der Waals surface area contributed by atoms with E-state index < -0.39 is 0 Å². The second kappa shape index (κ2) is 4.43. The van der Waals surface area contributed by atoms with Gasteiger partial charge in [-0.2, -0.15) is 9.99 Å². The predicted molar refractivity (Wildman–Crippen MR) is 73.1 cm³/mol. The quantitative estimate of drug-likeness (QED) is 0.489. The summed E-state index contributed by atoms with van der Waals surface area (Å²) in [6, 6.07) is 20.3. The van der Waals surface area contributed by atoms with Gasteiger partial charge in [0.25, 0.3) is 0 Å². The van der Waals surface area contributed by atoms with Gasteiger partial charge in [0.05, 0.1) is 10.9 Å². The van der Waals surface area contributed by atoms with Gasteiger partial charge in [-0.15, -0.1) is 0 Å². The van der Waals surface area contributed by atoms with Crippen LogP contribution in [-0.2, 0) is 0 Å². The number of nitriles is 1. The van der Waals surface area contributed by atoms with Crippen molar-refractivity contribution in [3.63, 3.8) is 0 Å². The maximum absolute atomic E-state index is 12.4. The molecule has 0 spiro atoms. The van der Waals surface area contributed by atoms with Crippen molar-refractivity contribution in [1.82, 2.24) is 0 Å². The standard InChI is InChI=1S/C16H10N2O/c17-11-13-10-16(12-6-2-1-3-7-12)18(19)15-9-5-4-8-14(13)15/h1-10H. The molecule has 3 rings (SSSR count). The molecule has 0 aliphatic heterocycles. The van der Waals surface area contributed by atoms with Gasteiger partial charge in [0.1, 0.15) is 6.07 Å². The summed E-state index contributed by atoms with van der Waals surface area (Å²) in [6.45, 7) is 0. The lowest BCUT2D eigenvalue weighted by molar-refractivity contribution is -0.565. The van der Waals surface area contributed by atoms with Crippen LogP contribution in [-0.4, -0.2) is 0 Å². The fraction of sp³-hybridized carbons (Fsp3) is 0. The average Bonchev–Trinajstić information content (AvgIpc) is 2.49. The van der Waals surface area contributed by atoms with Gasteiger partial charge in [-0.05, 0) is 18.2 Å². The van der Waals surface area contributed by atoms with Crippen LogP contribution < -0.4 is 4.73 Å². The third kappa shape index (κ3) is 1.80. The molecule has 3 aromatic rings. The first-order chi connectivity index (χ1) is 9.31. The van der Waals surface area contributed by atoms with Gasteiger partial charge in [0.15, 0.2) is 0 Å². The van der Waals surface area contributed by atoms with E-state index in [0.717, 1.165) is 10.3 Å². The SMILES string of the molecule is N#Cc1cc(-c2ccccc2)[n+]([O-])c2ccccc12. The molecule has 0 radical (unpaired) electrons. The minimum atomic E-state index is 0.496. The molecule has 0 fully saturated rings. The van der Waals surface area contributed by atoms with Crippen LogP contribution in [0.25, 0.3) is 22.2 Å². The van der Waals surface area contributed by atoms with Crippen molar-refractivity contribution in [2.24, 2.45) is 0 Å². The first kappa shape index (κ1) is 11.2. The van der Waals surface area contributed by atoms with Crippen LogP contribution in [0.5, 0.6) is 0 Å². The van der Waals surface area contributed by atoms with E-state index in [1.54, 1.807) is 24.3 Å². The van der Waals surface area contributed by atoms with Crippen LogP contribution >= 0.6 is 0 Å². The normalized spacial score (nSPS) is 10.3. The van der Waals surface area contributed by atoms with E-state index in [9.17, 15) is 10.5 Å². The number of benzene rings is 2. The molecular formula is C16H10N2O. The molecule has 0 bridgehead atoms. The second-order valence-corrected chi connectivity index (χ2v) is 4.23. The molecule has 0 saturated heterocycles. The van der Waals surface area contributed by atoms with E-state index in [-0.39, 0.29) is 0 Å². The lowest BCUT2D eigenvalue weighted by Gasteiger charge is -2.08. The van der Waals surface area contributed by atoms with Crippen molar-refractivity contribution in [2.45, 2.75) is 0 Å². The van der Waals surface area contributed by atoms with Crippen molar-refractivity contribution in [3.05, 3.63) is 71.4 Å². The minimum Gasteiger partial charge on any atom is -0.618 e. The van der Waals surface area contributed by atoms with Crippen LogP contribution in [0.2, 0.25) is 0 Å². The van der Waals surface area contributed by atoms with Gasteiger partial charge < -0.3 is 5.21 Å². The number of para-hydroxylation sites is 1.